The van der Waals surface area contributed by atoms with Crippen LogP contribution in [0.3, 0.4) is 0 Å². The molecule has 5 heteroatoms. The highest BCUT2D eigenvalue weighted by Crippen LogP contribution is 2.18. The first-order chi connectivity index (χ1) is 11.7. The first-order valence-corrected chi connectivity index (χ1v) is 8.09. The van der Waals surface area contributed by atoms with Gasteiger partial charge in [-0.3, -0.25) is 0 Å². The number of aromatic carboxylic acids is 1. The fourth-order valence-corrected chi connectivity index (χ4v) is 2.76. The fourth-order valence-electron chi connectivity index (χ4n) is 2.76. The maximum atomic E-state index is 11.0. The SMILES string of the molecule is CCCc1nc2ccccc2n1CCOc1cccc(C(=O)O)c1. The van der Waals surface area contributed by atoms with Crippen molar-refractivity contribution in [3.8, 4) is 5.75 Å². The van der Waals surface area contributed by atoms with Gasteiger partial charge in [0.25, 0.3) is 0 Å². The van der Waals surface area contributed by atoms with Crippen molar-refractivity contribution in [1.82, 2.24) is 9.55 Å². The molecule has 124 valence electrons. The predicted molar refractivity (Wildman–Crippen MR) is 92.6 cm³/mol. The van der Waals surface area contributed by atoms with Crippen molar-refractivity contribution >= 4 is 17.0 Å². The molecule has 0 aliphatic heterocycles. The number of aryl methyl sites for hydroxylation is 1. The third-order valence-electron chi connectivity index (χ3n) is 3.87. The predicted octanol–water partition coefficient (Wildman–Crippen LogP) is 3.77. The summed E-state index contributed by atoms with van der Waals surface area (Å²) in [5.74, 6) is 0.671. The van der Waals surface area contributed by atoms with E-state index in [9.17, 15) is 4.79 Å². The van der Waals surface area contributed by atoms with Crippen LogP contribution >= 0.6 is 0 Å². The average Bonchev–Trinajstić information content (AvgIpc) is 2.93. The third-order valence-corrected chi connectivity index (χ3v) is 3.87. The normalized spacial score (nSPS) is 10.9. The van der Waals surface area contributed by atoms with Crippen molar-refractivity contribution in [2.45, 2.75) is 26.3 Å². The van der Waals surface area contributed by atoms with Crippen molar-refractivity contribution in [3.05, 3.63) is 59.9 Å². The van der Waals surface area contributed by atoms with E-state index in [2.05, 4.69) is 17.6 Å². The lowest BCUT2D eigenvalue weighted by molar-refractivity contribution is 0.0696. The second-order valence-electron chi connectivity index (χ2n) is 5.60. The summed E-state index contributed by atoms with van der Waals surface area (Å²) < 4.78 is 7.92. The Balaban J connectivity index is 1.74. The number of rotatable bonds is 7. The van der Waals surface area contributed by atoms with Gasteiger partial charge >= 0.3 is 5.97 Å². The molecule has 3 rings (SSSR count). The second kappa shape index (κ2) is 7.17. The van der Waals surface area contributed by atoms with Gasteiger partial charge in [0.15, 0.2) is 0 Å². The van der Waals surface area contributed by atoms with E-state index in [0.29, 0.717) is 18.9 Å². The van der Waals surface area contributed by atoms with E-state index in [0.717, 1.165) is 29.7 Å². The zero-order chi connectivity index (χ0) is 16.9. The number of carboxylic acids is 1. The maximum Gasteiger partial charge on any atom is 0.335 e. The summed E-state index contributed by atoms with van der Waals surface area (Å²) in [5, 5.41) is 9.03. The summed E-state index contributed by atoms with van der Waals surface area (Å²) in [6.07, 6.45) is 1.95. The van der Waals surface area contributed by atoms with E-state index in [1.165, 1.54) is 0 Å². The Morgan fingerprint density at radius 1 is 1.21 bits per heavy atom. The molecule has 24 heavy (non-hydrogen) atoms. The molecule has 2 aromatic carbocycles. The first kappa shape index (κ1) is 16.1. The molecule has 0 aliphatic carbocycles. The van der Waals surface area contributed by atoms with Crippen LogP contribution in [0.4, 0.5) is 0 Å². The van der Waals surface area contributed by atoms with Crippen molar-refractivity contribution in [2.24, 2.45) is 0 Å². The number of hydrogen-bond donors (Lipinski definition) is 1. The standard InChI is InChI=1S/C19H20N2O3/c1-2-6-18-20-16-9-3-4-10-17(16)21(18)11-12-24-15-8-5-7-14(13-15)19(22)23/h3-5,7-10,13H,2,6,11-12H2,1H3,(H,22,23). The Morgan fingerprint density at radius 3 is 2.83 bits per heavy atom. The third kappa shape index (κ3) is 3.40. The van der Waals surface area contributed by atoms with Crippen molar-refractivity contribution in [1.29, 1.82) is 0 Å². The smallest absolute Gasteiger partial charge is 0.335 e. The number of carbonyl (C=O) groups is 1. The van der Waals surface area contributed by atoms with Crippen molar-refractivity contribution in [3.63, 3.8) is 0 Å². The highest BCUT2D eigenvalue weighted by Gasteiger charge is 2.10. The molecule has 0 spiro atoms. The average molecular weight is 324 g/mol. The lowest BCUT2D eigenvalue weighted by atomic mass is 10.2. The molecule has 0 bridgehead atoms. The zero-order valence-corrected chi connectivity index (χ0v) is 13.6. The van der Waals surface area contributed by atoms with Gasteiger partial charge in [-0.15, -0.1) is 0 Å². The molecule has 1 heterocycles. The molecule has 0 saturated carbocycles. The molecule has 0 aliphatic rings. The molecule has 0 saturated heterocycles. The minimum absolute atomic E-state index is 0.229. The molecule has 0 unspecified atom stereocenters. The van der Waals surface area contributed by atoms with E-state index in [4.69, 9.17) is 14.8 Å². The largest absolute Gasteiger partial charge is 0.492 e. The molecule has 5 nitrogen and oxygen atoms in total. The van der Waals surface area contributed by atoms with Gasteiger partial charge in [0, 0.05) is 6.42 Å². The van der Waals surface area contributed by atoms with E-state index < -0.39 is 5.97 Å². The highest BCUT2D eigenvalue weighted by atomic mass is 16.5. The maximum absolute atomic E-state index is 11.0. The van der Waals surface area contributed by atoms with Crippen LogP contribution in [-0.4, -0.2) is 27.2 Å². The Labute approximate surface area is 140 Å². The van der Waals surface area contributed by atoms with Gasteiger partial charge in [-0.05, 0) is 36.8 Å². The first-order valence-electron chi connectivity index (χ1n) is 8.09. The van der Waals surface area contributed by atoms with Crippen molar-refractivity contribution < 1.29 is 14.6 Å². The van der Waals surface area contributed by atoms with E-state index in [1.54, 1.807) is 24.3 Å². The Morgan fingerprint density at radius 2 is 2.04 bits per heavy atom. The molecule has 0 amide bonds. The molecule has 0 radical (unpaired) electrons. The molecular formula is C19H20N2O3. The van der Waals surface area contributed by atoms with Gasteiger partial charge in [-0.25, -0.2) is 9.78 Å². The van der Waals surface area contributed by atoms with Crippen LogP contribution in [0.5, 0.6) is 5.75 Å². The number of fused-ring (bicyclic) bond motifs is 1. The number of hydrogen-bond acceptors (Lipinski definition) is 3. The van der Waals surface area contributed by atoms with Crippen LogP contribution in [0.25, 0.3) is 11.0 Å². The van der Waals surface area contributed by atoms with Crippen LogP contribution in [0.2, 0.25) is 0 Å². The Kier molecular flexibility index (Phi) is 4.79. The molecule has 0 atom stereocenters. The van der Waals surface area contributed by atoms with E-state index in [-0.39, 0.29) is 5.56 Å². The van der Waals surface area contributed by atoms with Gasteiger partial charge in [0.05, 0.1) is 23.1 Å². The summed E-state index contributed by atoms with van der Waals surface area (Å²) >= 11 is 0. The minimum atomic E-state index is -0.953. The molecule has 1 aromatic heterocycles. The van der Waals surface area contributed by atoms with Crippen LogP contribution < -0.4 is 4.74 Å². The van der Waals surface area contributed by atoms with Crippen molar-refractivity contribution in [2.75, 3.05) is 6.61 Å². The van der Waals surface area contributed by atoms with E-state index >= 15 is 0 Å². The van der Waals surface area contributed by atoms with E-state index in [1.807, 2.05) is 18.2 Å². The highest BCUT2D eigenvalue weighted by molar-refractivity contribution is 5.88. The molecule has 1 N–H and O–H groups in total. The topological polar surface area (TPSA) is 64.4 Å². The lowest BCUT2D eigenvalue weighted by Gasteiger charge is -2.11. The van der Waals surface area contributed by atoms with Gasteiger partial charge < -0.3 is 14.4 Å². The number of carboxylic acid groups (broad SMARTS) is 1. The monoisotopic (exact) mass is 324 g/mol. The Hall–Kier alpha value is -2.82. The number of benzene rings is 2. The quantitative estimate of drug-likeness (QED) is 0.718. The van der Waals surface area contributed by atoms with Crippen LogP contribution in [0, 0.1) is 0 Å². The van der Waals surface area contributed by atoms with Crippen LogP contribution in [-0.2, 0) is 13.0 Å². The number of ether oxygens (including phenoxy) is 1. The van der Waals surface area contributed by atoms with Gasteiger partial charge in [-0.1, -0.05) is 25.1 Å². The molecular weight excluding hydrogens is 304 g/mol. The van der Waals surface area contributed by atoms with Crippen LogP contribution in [0.1, 0.15) is 29.5 Å². The summed E-state index contributed by atoms with van der Waals surface area (Å²) in [5.41, 5.74) is 2.32. The van der Waals surface area contributed by atoms with Crippen LogP contribution in [0.15, 0.2) is 48.5 Å². The van der Waals surface area contributed by atoms with Gasteiger partial charge in [0.2, 0.25) is 0 Å². The summed E-state index contributed by atoms with van der Waals surface area (Å²) in [4.78, 5) is 15.7. The summed E-state index contributed by atoms with van der Waals surface area (Å²) in [6, 6.07) is 14.6. The summed E-state index contributed by atoms with van der Waals surface area (Å²) in [6.45, 7) is 3.27. The lowest BCUT2D eigenvalue weighted by Crippen LogP contribution is -2.11. The number of para-hydroxylation sites is 2. The van der Waals surface area contributed by atoms with Gasteiger partial charge in [-0.2, -0.15) is 0 Å². The fraction of sp³-hybridized carbons (Fsp3) is 0.263. The number of aromatic nitrogens is 2. The summed E-state index contributed by atoms with van der Waals surface area (Å²) in [7, 11) is 0. The minimum Gasteiger partial charge on any atom is -0.492 e. The molecule has 0 fully saturated rings. The molecule has 3 aromatic rings. The number of imidazole rings is 1. The second-order valence-corrected chi connectivity index (χ2v) is 5.60. The zero-order valence-electron chi connectivity index (χ0n) is 13.6. The number of nitrogens with zero attached hydrogens (tertiary/aromatic N) is 2. The van der Waals surface area contributed by atoms with Gasteiger partial charge in [0.1, 0.15) is 18.2 Å². The Bertz CT molecular complexity index is 855.